The summed E-state index contributed by atoms with van der Waals surface area (Å²) in [6.07, 6.45) is 0. The smallest absolute Gasteiger partial charge is 0.271 e. The number of sulfonamides is 1. The van der Waals surface area contributed by atoms with E-state index < -0.39 is 10.0 Å². The van der Waals surface area contributed by atoms with Gasteiger partial charge in [0.05, 0.1) is 8.81 Å². The molecule has 1 aromatic carbocycles. The van der Waals surface area contributed by atoms with Gasteiger partial charge in [0.1, 0.15) is 4.21 Å². The lowest BCUT2D eigenvalue weighted by Crippen LogP contribution is -2.11. The molecule has 1 N–H and O–H groups in total. The van der Waals surface area contributed by atoms with Crippen molar-refractivity contribution in [1.29, 1.82) is 0 Å². The van der Waals surface area contributed by atoms with E-state index in [9.17, 15) is 8.42 Å². The van der Waals surface area contributed by atoms with Gasteiger partial charge in [-0.15, -0.1) is 11.3 Å². The third-order valence-electron chi connectivity index (χ3n) is 1.96. The van der Waals surface area contributed by atoms with Crippen LogP contribution in [-0.4, -0.2) is 8.42 Å². The Balaban J connectivity index is 2.33. The molecule has 0 aliphatic carbocycles. The van der Waals surface area contributed by atoms with E-state index in [1.165, 1.54) is 6.07 Å². The highest BCUT2D eigenvalue weighted by Crippen LogP contribution is 2.35. The van der Waals surface area contributed by atoms with Crippen LogP contribution >= 0.6 is 54.8 Å². The van der Waals surface area contributed by atoms with Crippen LogP contribution in [0.15, 0.2) is 42.8 Å². The van der Waals surface area contributed by atoms with Gasteiger partial charge < -0.3 is 0 Å². The van der Waals surface area contributed by atoms with E-state index in [4.69, 9.17) is 11.6 Å². The molecule has 0 bridgehead atoms. The summed E-state index contributed by atoms with van der Waals surface area (Å²) in [6.45, 7) is 0. The number of halogens is 3. The van der Waals surface area contributed by atoms with Gasteiger partial charge in [0.25, 0.3) is 10.0 Å². The first-order valence-corrected chi connectivity index (χ1v) is 8.88. The van der Waals surface area contributed by atoms with Crippen molar-refractivity contribution in [1.82, 2.24) is 0 Å². The number of hydrogen-bond acceptors (Lipinski definition) is 3. The Kier molecular flexibility index (Phi) is 4.38. The van der Waals surface area contributed by atoms with Gasteiger partial charge in [0, 0.05) is 10.2 Å². The van der Waals surface area contributed by atoms with Crippen molar-refractivity contribution >= 4 is 70.5 Å². The van der Waals surface area contributed by atoms with Gasteiger partial charge in [-0.05, 0) is 40.2 Å². The van der Waals surface area contributed by atoms with E-state index in [0.29, 0.717) is 14.5 Å². The SMILES string of the molecule is O=S(=O)(Nc1cccc(Br)c1)c1cc(Cl)c(Br)s1. The molecule has 96 valence electrons. The second-order valence-corrected chi connectivity index (χ2v) is 8.91. The number of rotatable bonds is 3. The second kappa shape index (κ2) is 5.50. The lowest BCUT2D eigenvalue weighted by atomic mass is 10.3. The molecule has 2 rings (SSSR count). The molecule has 18 heavy (non-hydrogen) atoms. The summed E-state index contributed by atoms with van der Waals surface area (Å²) in [5.41, 5.74) is 0.491. The van der Waals surface area contributed by atoms with Crippen molar-refractivity contribution < 1.29 is 8.42 Å². The van der Waals surface area contributed by atoms with Crippen LogP contribution in [0.25, 0.3) is 0 Å². The fourth-order valence-corrected chi connectivity index (χ4v) is 5.06. The molecule has 1 aromatic heterocycles. The Morgan fingerprint density at radius 3 is 2.50 bits per heavy atom. The maximum absolute atomic E-state index is 12.1. The Hall–Kier alpha value is -0.0800. The molecule has 1 heterocycles. The molecule has 2 aromatic rings. The molecule has 0 atom stereocenters. The standard InChI is InChI=1S/C10H6Br2ClNO2S2/c11-6-2-1-3-7(4-6)14-18(15,16)9-5-8(13)10(12)17-9/h1-5,14H. The number of benzene rings is 1. The molecule has 8 heteroatoms. The van der Waals surface area contributed by atoms with Gasteiger partial charge in [0.2, 0.25) is 0 Å². The highest BCUT2D eigenvalue weighted by atomic mass is 79.9. The first-order valence-electron chi connectivity index (χ1n) is 4.62. The molecule has 0 fully saturated rings. The molecule has 0 unspecified atom stereocenters. The monoisotopic (exact) mass is 429 g/mol. The van der Waals surface area contributed by atoms with Gasteiger partial charge in [-0.3, -0.25) is 4.72 Å². The Morgan fingerprint density at radius 2 is 1.94 bits per heavy atom. The zero-order valence-electron chi connectivity index (χ0n) is 8.65. The van der Waals surface area contributed by atoms with Crippen LogP contribution < -0.4 is 4.72 Å². The summed E-state index contributed by atoms with van der Waals surface area (Å²) in [5.74, 6) is 0. The third-order valence-corrected chi connectivity index (χ3v) is 6.79. The van der Waals surface area contributed by atoms with E-state index in [0.717, 1.165) is 15.8 Å². The molecule has 0 saturated carbocycles. The normalized spacial score (nSPS) is 11.5. The van der Waals surface area contributed by atoms with Gasteiger partial charge in [-0.25, -0.2) is 8.42 Å². The van der Waals surface area contributed by atoms with Gasteiger partial charge in [-0.1, -0.05) is 33.6 Å². The minimum atomic E-state index is -3.60. The zero-order chi connectivity index (χ0) is 13.3. The fraction of sp³-hybridized carbons (Fsp3) is 0. The lowest BCUT2D eigenvalue weighted by molar-refractivity contribution is 0.603. The molecule has 0 spiro atoms. The predicted molar refractivity (Wildman–Crippen MR) is 82.0 cm³/mol. The summed E-state index contributed by atoms with van der Waals surface area (Å²) in [7, 11) is -3.60. The van der Waals surface area contributed by atoms with Crippen LogP contribution in [0.4, 0.5) is 5.69 Å². The Bertz CT molecular complexity index is 665. The number of thiophene rings is 1. The second-order valence-electron chi connectivity index (χ2n) is 3.30. The minimum absolute atomic E-state index is 0.166. The molecular formula is C10H6Br2ClNO2S2. The number of hydrogen-bond donors (Lipinski definition) is 1. The molecular weight excluding hydrogens is 426 g/mol. The van der Waals surface area contributed by atoms with Crippen LogP contribution in [0.5, 0.6) is 0 Å². The average molecular weight is 432 g/mol. The van der Waals surface area contributed by atoms with Gasteiger partial charge in [0.15, 0.2) is 0 Å². The highest BCUT2D eigenvalue weighted by molar-refractivity contribution is 9.11. The zero-order valence-corrected chi connectivity index (χ0v) is 14.2. The van der Waals surface area contributed by atoms with E-state index in [-0.39, 0.29) is 4.21 Å². The molecule has 0 amide bonds. The van der Waals surface area contributed by atoms with Crippen molar-refractivity contribution in [2.45, 2.75) is 4.21 Å². The summed E-state index contributed by atoms with van der Waals surface area (Å²) < 4.78 is 28.2. The van der Waals surface area contributed by atoms with E-state index >= 15 is 0 Å². The molecule has 0 aliphatic heterocycles. The number of anilines is 1. The van der Waals surface area contributed by atoms with Crippen LogP contribution in [0.3, 0.4) is 0 Å². The lowest BCUT2D eigenvalue weighted by Gasteiger charge is -2.06. The fourth-order valence-electron chi connectivity index (χ4n) is 1.22. The molecule has 0 saturated heterocycles. The molecule has 0 radical (unpaired) electrons. The maximum Gasteiger partial charge on any atom is 0.271 e. The van der Waals surface area contributed by atoms with Gasteiger partial charge >= 0.3 is 0 Å². The van der Waals surface area contributed by atoms with E-state index in [1.54, 1.807) is 18.2 Å². The van der Waals surface area contributed by atoms with Crippen LogP contribution in [-0.2, 0) is 10.0 Å². The van der Waals surface area contributed by atoms with Crippen molar-refractivity contribution in [2.75, 3.05) is 4.72 Å². The minimum Gasteiger partial charge on any atom is -0.279 e. The number of nitrogens with one attached hydrogen (secondary N) is 1. The van der Waals surface area contributed by atoms with Crippen LogP contribution in [0, 0.1) is 0 Å². The van der Waals surface area contributed by atoms with Crippen LogP contribution in [0.1, 0.15) is 0 Å². The first-order chi connectivity index (χ1) is 8.38. The van der Waals surface area contributed by atoms with E-state index in [1.807, 2.05) is 6.07 Å². The summed E-state index contributed by atoms with van der Waals surface area (Å²) in [6, 6.07) is 8.33. The summed E-state index contributed by atoms with van der Waals surface area (Å²) in [5, 5.41) is 0.384. The highest BCUT2D eigenvalue weighted by Gasteiger charge is 2.19. The largest absolute Gasteiger partial charge is 0.279 e. The Morgan fingerprint density at radius 1 is 1.22 bits per heavy atom. The van der Waals surface area contributed by atoms with Crippen LogP contribution in [0.2, 0.25) is 5.02 Å². The van der Waals surface area contributed by atoms with Gasteiger partial charge in [-0.2, -0.15) is 0 Å². The maximum atomic E-state index is 12.1. The molecule has 0 aliphatic rings. The quantitative estimate of drug-likeness (QED) is 0.764. The van der Waals surface area contributed by atoms with Crippen molar-refractivity contribution in [3.63, 3.8) is 0 Å². The van der Waals surface area contributed by atoms with Crippen molar-refractivity contribution in [3.8, 4) is 0 Å². The summed E-state index contributed by atoms with van der Waals surface area (Å²) in [4.78, 5) is 0. The van der Waals surface area contributed by atoms with Crippen molar-refractivity contribution in [2.24, 2.45) is 0 Å². The average Bonchev–Trinajstić information content (AvgIpc) is 2.59. The molecule has 3 nitrogen and oxygen atoms in total. The first kappa shape index (κ1) is 14.3. The topological polar surface area (TPSA) is 46.2 Å². The van der Waals surface area contributed by atoms with Crippen molar-refractivity contribution in [3.05, 3.63) is 43.6 Å². The third kappa shape index (κ3) is 3.27. The van der Waals surface area contributed by atoms with E-state index in [2.05, 4.69) is 36.6 Å². The Labute approximate surface area is 130 Å². The predicted octanol–water partition coefficient (Wildman–Crippen LogP) is 4.73. The summed E-state index contributed by atoms with van der Waals surface area (Å²) >= 11 is 13.4.